The van der Waals surface area contributed by atoms with Crippen LogP contribution < -0.4 is 5.32 Å². The van der Waals surface area contributed by atoms with E-state index in [4.69, 9.17) is 0 Å². The van der Waals surface area contributed by atoms with E-state index in [9.17, 15) is 14.9 Å². The molecule has 0 radical (unpaired) electrons. The number of carbonyl (C=O) groups is 1. The molecule has 1 amide bonds. The maximum Gasteiger partial charge on any atom is 0.322 e. The second kappa shape index (κ2) is 6.25. The molecule has 7 nitrogen and oxygen atoms in total. The molecule has 1 aliphatic carbocycles. The van der Waals surface area contributed by atoms with Crippen molar-refractivity contribution in [3.8, 4) is 0 Å². The lowest BCUT2D eigenvalue weighted by molar-refractivity contribution is -0.385. The van der Waals surface area contributed by atoms with Crippen molar-refractivity contribution in [3.05, 3.63) is 21.5 Å². The second-order valence-electron chi connectivity index (χ2n) is 4.81. The zero-order valence-corrected chi connectivity index (χ0v) is 12.3. The number of nitro groups is 1. The molecular formula is C12H18N4O3S. The van der Waals surface area contributed by atoms with E-state index >= 15 is 0 Å². The first-order valence-corrected chi connectivity index (χ1v) is 7.71. The zero-order valence-electron chi connectivity index (χ0n) is 11.5. The summed E-state index contributed by atoms with van der Waals surface area (Å²) in [5.74, 6) is 0.535. The zero-order chi connectivity index (χ0) is 14.7. The summed E-state index contributed by atoms with van der Waals surface area (Å²) in [6, 6.07) is 0.0732. The molecule has 1 aromatic heterocycles. The molecule has 1 aromatic rings. The number of aromatic nitrogens is 2. The number of thioether (sulfide) groups is 1. The molecule has 0 aromatic carbocycles. The van der Waals surface area contributed by atoms with Crippen molar-refractivity contribution in [1.82, 2.24) is 15.5 Å². The van der Waals surface area contributed by atoms with Gasteiger partial charge >= 0.3 is 5.69 Å². The molecule has 2 rings (SSSR count). The molecule has 20 heavy (non-hydrogen) atoms. The Hall–Kier alpha value is -1.57. The summed E-state index contributed by atoms with van der Waals surface area (Å²) in [7, 11) is 0. The Bertz CT molecular complexity index is 517. The third-order valence-corrected chi connectivity index (χ3v) is 4.79. The summed E-state index contributed by atoms with van der Waals surface area (Å²) in [5, 5.41) is 20.5. The number of carbonyl (C=O) groups excluding carboxylic acids is 1. The highest BCUT2D eigenvalue weighted by atomic mass is 32.2. The number of rotatable bonds is 5. The molecule has 1 heterocycles. The van der Waals surface area contributed by atoms with Crippen molar-refractivity contribution in [2.24, 2.45) is 0 Å². The summed E-state index contributed by atoms with van der Waals surface area (Å²) >= 11 is 1.82. The van der Waals surface area contributed by atoms with Gasteiger partial charge < -0.3 is 5.32 Å². The molecular weight excluding hydrogens is 280 g/mol. The van der Waals surface area contributed by atoms with Crippen molar-refractivity contribution in [1.29, 1.82) is 0 Å². The van der Waals surface area contributed by atoms with E-state index in [-0.39, 0.29) is 17.4 Å². The lowest BCUT2D eigenvalue weighted by Crippen LogP contribution is -2.39. The third-order valence-electron chi connectivity index (χ3n) is 3.46. The second-order valence-corrected chi connectivity index (χ2v) is 6.32. The molecule has 0 bridgehead atoms. The number of hydrogen-bond donors (Lipinski definition) is 2. The van der Waals surface area contributed by atoms with Gasteiger partial charge in [0, 0.05) is 11.3 Å². The van der Waals surface area contributed by atoms with Gasteiger partial charge in [-0.05, 0) is 25.5 Å². The van der Waals surface area contributed by atoms with Gasteiger partial charge in [0.1, 0.15) is 5.69 Å². The van der Waals surface area contributed by atoms with Gasteiger partial charge in [-0.3, -0.25) is 20.0 Å². The van der Waals surface area contributed by atoms with E-state index in [1.165, 1.54) is 6.92 Å². The molecule has 1 fully saturated rings. The minimum absolute atomic E-state index is 0.0732. The van der Waals surface area contributed by atoms with E-state index in [2.05, 4.69) is 22.4 Å². The first kappa shape index (κ1) is 14.8. The summed E-state index contributed by atoms with van der Waals surface area (Å²) in [6.07, 6.45) is 3.07. The van der Waals surface area contributed by atoms with Crippen LogP contribution in [0.4, 0.5) is 5.69 Å². The molecule has 8 heteroatoms. The highest BCUT2D eigenvalue weighted by Crippen LogP contribution is 2.30. The van der Waals surface area contributed by atoms with Gasteiger partial charge in [0.2, 0.25) is 5.69 Å². The van der Waals surface area contributed by atoms with Crippen LogP contribution in [0.5, 0.6) is 0 Å². The average Bonchev–Trinajstić information content (AvgIpc) is 2.97. The standard InChI is InChI=1S/C12H18N4O3S/c1-3-20-9-6-4-5-8(9)13-12(17)10-11(16(18)19)7(2)14-15-10/h8-9H,3-6H2,1-2H3,(H,13,17)(H,14,15)/t8-,9-/m0/s1. The minimum atomic E-state index is -0.569. The molecule has 2 atom stereocenters. The van der Waals surface area contributed by atoms with Crippen molar-refractivity contribution >= 4 is 23.4 Å². The Morgan fingerprint density at radius 3 is 3.00 bits per heavy atom. The van der Waals surface area contributed by atoms with Crippen LogP contribution in [-0.4, -0.2) is 38.1 Å². The number of aromatic amines is 1. The summed E-state index contributed by atoms with van der Waals surface area (Å²) < 4.78 is 0. The van der Waals surface area contributed by atoms with Crippen molar-refractivity contribution in [2.75, 3.05) is 5.75 Å². The first-order valence-electron chi connectivity index (χ1n) is 6.66. The van der Waals surface area contributed by atoms with Gasteiger partial charge in [0.05, 0.1) is 4.92 Å². The maximum atomic E-state index is 12.2. The van der Waals surface area contributed by atoms with Crippen LogP contribution in [0.2, 0.25) is 0 Å². The average molecular weight is 298 g/mol. The monoisotopic (exact) mass is 298 g/mol. The van der Waals surface area contributed by atoms with E-state index in [1.807, 2.05) is 11.8 Å². The van der Waals surface area contributed by atoms with Gasteiger partial charge in [-0.25, -0.2) is 0 Å². The first-order chi connectivity index (χ1) is 9.54. The fraction of sp³-hybridized carbons (Fsp3) is 0.667. The van der Waals surface area contributed by atoms with Crippen molar-refractivity contribution in [2.45, 2.75) is 44.4 Å². The number of nitrogens with one attached hydrogen (secondary N) is 2. The van der Waals surface area contributed by atoms with Crippen LogP contribution in [-0.2, 0) is 0 Å². The smallest absolute Gasteiger partial charge is 0.322 e. The van der Waals surface area contributed by atoms with Gasteiger partial charge in [-0.2, -0.15) is 16.9 Å². The van der Waals surface area contributed by atoms with Gasteiger partial charge in [0.15, 0.2) is 0 Å². The lowest BCUT2D eigenvalue weighted by atomic mass is 10.2. The molecule has 0 saturated heterocycles. The number of aryl methyl sites for hydroxylation is 1. The largest absolute Gasteiger partial charge is 0.347 e. The lowest BCUT2D eigenvalue weighted by Gasteiger charge is -2.19. The van der Waals surface area contributed by atoms with Gasteiger partial charge in [-0.1, -0.05) is 13.3 Å². The Labute approximate surface area is 121 Å². The summed E-state index contributed by atoms with van der Waals surface area (Å²) in [6.45, 7) is 3.62. The van der Waals surface area contributed by atoms with Crippen LogP contribution in [0.15, 0.2) is 0 Å². The minimum Gasteiger partial charge on any atom is -0.347 e. The molecule has 0 aliphatic heterocycles. The van der Waals surface area contributed by atoms with E-state index in [0.29, 0.717) is 10.9 Å². The van der Waals surface area contributed by atoms with Crippen LogP contribution >= 0.6 is 11.8 Å². The summed E-state index contributed by atoms with van der Waals surface area (Å²) in [4.78, 5) is 22.6. The highest BCUT2D eigenvalue weighted by molar-refractivity contribution is 7.99. The summed E-state index contributed by atoms with van der Waals surface area (Å²) in [5.41, 5.74) is -0.0640. The van der Waals surface area contributed by atoms with Crippen LogP contribution in [0.25, 0.3) is 0 Å². The van der Waals surface area contributed by atoms with Crippen LogP contribution in [0.1, 0.15) is 42.4 Å². The van der Waals surface area contributed by atoms with Crippen molar-refractivity contribution in [3.63, 3.8) is 0 Å². The molecule has 2 N–H and O–H groups in total. The quantitative estimate of drug-likeness (QED) is 0.640. The molecule has 0 spiro atoms. The molecule has 0 unspecified atom stereocenters. The fourth-order valence-corrected chi connectivity index (χ4v) is 3.74. The van der Waals surface area contributed by atoms with E-state index < -0.39 is 10.8 Å². The molecule has 1 saturated carbocycles. The Balaban J connectivity index is 2.10. The van der Waals surface area contributed by atoms with Gasteiger partial charge in [-0.15, -0.1) is 0 Å². The topological polar surface area (TPSA) is 101 Å². The predicted octanol–water partition coefficient (Wildman–Crippen LogP) is 2.03. The number of hydrogen-bond acceptors (Lipinski definition) is 5. The highest BCUT2D eigenvalue weighted by Gasteiger charge is 2.32. The predicted molar refractivity (Wildman–Crippen MR) is 77.0 cm³/mol. The number of nitrogens with zero attached hydrogens (tertiary/aromatic N) is 2. The number of H-pyrrole nitrogens is 1. The molecule has 1 aliphatic rings. The normalized spacial score (nSPS) is 21.9. The SMILES string of the molecule is CCS[C@H]1CCC[C@@H]1NC(=O)c1n[nH]c(C)c1[N+](=O)[O-]. The molecule has 110 valence electrons. The third kappa shape index (κ3) is 2.95. The Morgan fingerprint density at radius 1 is 1.60 bits per heavy atom. The Morgan fingerprint density at radius 2 is 2.35 bits per heavy atom. The van der Waals surface area contributed by atoms with Gasteiger partial charge in [0.25, 0.3) is 5.91 Å². The maximum absolute atomic E-state index is 12.2. The van der Waals surface area contributed by atoms with Crippen molar-refractivity contribution < 1.29 is 9.72 Å². The van der Waals surface area contributed by atoms with E-state index in [1.54, 1.807) is 0 Å². The van der Waals surface area contributed by atoms with Crippen LogP contribution in [0, 0.1) is 17.0 Å². The number of amides is 1. The van der Waals surface area contributed by atoms with E-state index in [0.717, 1.165) is 25.0 Å². The Kier molecular flexibility index (Phi) is 4.64. The van der Waals surface area contributed by atoms with Crippen LogP contribution in [0.3, 0.4) is 0 Å². The fourth-order valence-electron chi connectivity index (χ4n) is 2.55.